The highest BCUT2D eigenvalue weighted by Crippen LogP contribution is 2.24. The number of rotatable bonds is 5. The van der Waals surface area contributed by atoms with Gasteiger partial charge < -0.3 is 4.90 Å². The minimum absolute atomic E-state index is 0.0122. The first-order valence-corrected chi connectivity index (χ1v) is 8.68. The summed E-state index contributed by atoms with van der Waals surface area (Å²) in [6, 6.07) is 19.8. The fraction of sp³-hybridized carbons (Fsp3) is 0.364. The molecular weight excluding hydrogens is 308 g/mol. The molecule has 0 fully saturated rings. The maximum atomic E-state index is 12.7. The number of benzene rings is 2. The number of nitrogens with zero attached hydrogens (tertiary/aromatic N) is 2. The largest absolute Gasteiger partial charge is 0.347 e. The molecule has 0 aromatic heterocycles. The summed E-state index contributed by atoms with van der Waals surface area (Å²) < 4.78 is 0. The number of hydrogen-bond donors (Lipinski definition) is 0. The quantitative estimate of drug-likeness (QED) is 0.744. The van der Waals surface area contributed by atoms with Crippen molar-refractivity contribution in [2.75, 3.05) is 14.1 Å². The molecule has 132 valence electrons. The fourth-order valence-corrected chi connectivity index (χ4v) is 2.73. The molecule has 3 heteroatoms. The Balaban J connectivity index is 2.54. The van der Waals surface area contributed by atoms with Gasteiger partial charge in [-0.1, -0.05) is 81.4 Å². The normalized spacial score (nSPS) is 12.4. The van der Waals surface area contributed by atoms with Crippen molar-refractivity contribution >= 4 is 11.6 Å². The molecule has 0 aliphatic heterocycles. The average molecular weight is 336 g/mol. The summed E-state index contributed by atoms with van der Waals surface area (Å²) in [5.41, 5.74) is 2.93. The van der Waals surface area contributed by atoms with Gasteiger partial charge in [-0.25, -0.2) is 0 Å². The highest BCUT2D eigenvalue weighted by molar-refractivity contribution is 6.13. The molecule has 0 saturated carbocycles. The minimum Gasteiger partial charge on any atom is -0.347 e. The number of amides is 1. The van der Waals surface area contributed by atoms with Gasteiger partial charge in [0.05, 0.1) is 5.71 Å². The fourth-order valence-electron chi connectivity index (χ4n) is 2.73. The minimum atomic E-state index is -0.398. The second kappa shape index (κ2) is 8.11. The molecule has 1 unspecified atom stereocenters. The number of likely N-dealkylation sites (N-methyl/N-ethyl adjacent to an activating group) is 1. The Kier molecular flexibility index (Phi) is 6.13. The molecule has 2 aromatic rings. The number of carbonyl (C=O) groups excluding carboxylic acids is 1. The topological polar surface area (TPSA) is 32.7 Å². The summed E-state index contributed by atoms with van der Waals surface area (Å²) >= 11 is 0. The lowest BCUT2D eigenvalue weighted by Gasteiger charge is -2.26. The van der Waals surface area contributed by atoms with Crippen LogP contribution in [0.25, 0.3) is 0 Å². The summed E-state index contributed by atoms with van der Waals surface area (Å²) in [7, 11) is 3.58. The van der Waals surface area contributed by atoms with Crippen molar-refractivity contribution in [3.63, 3.8) is 0 Å². The average Bonchev–Trinajstić information content (AvgIpc) is 2.58. The number of carbonyl (C=O) groups is 1. The SMILES string of the molecule is CN(C)C(=O)C(CC(C)(C)C)N=C(c1ccccc1)c1ccccc1. The Morgan fingerprint density at radius 2 is 1.36 bits per heavy atom. The van der Waals surface area contributed by atoms with E-state index in [1.54, 1.807) is 19.0 Å². The Morgan fingerprint density at radius 3 is 1.72 bits per heavy atom. The third-order valence-electron chi connectivity index (χ3n) is 3.91. The smallest absolute Gasteiger partial charge is 0.246 e. The van der Waals surface area contributed by atoms with E-state index in [2.05, 4.69) is 20.8 Å². The lowest BCUT2D eigenvalue weighted by atomic mass is 9.87. The van der Waals surface area contributed by atoms with Crippen molar-refractivity contribution < 1.29 is 4.79 Å². The zero-order chi connectivity index (χ0) is 18.4. The molecule has 1 amide bonds. The highest BCUT2D eigenvalue weighted by atomic mass is 16.2. The van der Waals surface area contributed by atoms with Gasteiger partial charge in [0.25, 0.3) is 0 Å². The molecule has 0 saturated heterocycles. The summed E-state index contributed by atoms with van der Waals surface area (Å²) in [4.78, 5) is 19.3. The second-order valence-electron chi connectivity index (χ2n) is 7.72. The van der Waals surface area contributed by atoms with E-state index in [0.717, 1.165) is 16.8 Å². The summed E-state index contributed by atoms with van der Waals surface area (Å²) in [6.45, 7) is 6.43. The van der Waals surface area contributed by atoms with Crippen molar-refractivity contribution in [3.8, 4) is 0 Å². The number of hydrogen-bond acceptors (Lipinski definition) is 2. The van der Waals surface area contributed by atoms with E-state index in [9.17, 15) is 4.79 Å². The van der Waals surface area contributed by atoms with Gasteiger partial charge in [0.2, 0.25) is 5.91 Å². The molecule has 2 rings (SSSR count). The van der Waals surface area contributed by atoms with Gasteiger partial charge in [-0.05, 0) is 11.8 Å². The molecule has 0 radical (unpaired) electrons. The number of aliphatic imine (C=N–C) groups is 1. The van der Waals surface area contributed by atoms with Gasteiger partial charge in [-0.3, -0.25) is 9.79 Å². The van der Waals surface area contributed by atoms with Gasteiger partial charge in [0.15, 0.2) is 0 Å². The van der Waals surface area contributed by atoms with E-state index in [-0.39, 0.29) is 11.3 Å². The van der Waals surface area contributed by atoms with E-state index in [0.29, 0.717) is 6.42 Å². The third-order valence-corrected chi connectivity index (χ3v) is 3.91. The first-order valence-electron chi connectivity index (χ1n) is 8.68. The molecule has 25 heavy (non-hydrogen) atoms. The molecule has 0 N–H and O–H groups in total. The Bertz CT molecular complexity index is 671. The zero-order valence-electron chi connectivity index (χ0n) is 15.9. The first kappa shape index (κ1) is 18.9. The summed E-state index contributed by atoms with van der Waals surface area (Å²) in [6.07, 6.45) is 0.702. The summed E-state index contributed by atoms with van der Waals surface area (Å²) in [5, 5.41) is 0. The van der Waals surface area contributed by atoms with Crippen molar-refractivity contribution in [3.05, 3.63) is 71.8 Å². The Morgan fingerprint density at radius 1 is 0.920 bits per heavy atom. The second-order valence-corrected chi connectivity index (χ2v) is 7.72. The molecule has 1 atom stereocenters. The van der Waals surface area contributed by atoms with Crippen LogP contribution in [0.3, 0.4) is 0 Å². The first-order chi connectivity index (χ1) is 11.8. The zero-order valence-corrected chi connectivity index (χ0v) is 15.9. The van der Waals surface area contributed by atoms with Crippen LogP contribution in [0.4, 0.5) is 0 Å². The van der Waals surface area contributed by atoms with Gasteiger partial charge >= 0.3 is 0 Å². The molecule has 3 nitrogen and oxygen atoms in total. The van der Waals surface area contributed by atoms with Crippen molar-refractivity contribution in [2.45, 2.75) is 33.2 Å². The van der Waals surface area contributed by atoms with Crippen LogP contribution in [-0.2, 0) is 4.79 Å². The van der Waals surface area contributed by atoms with Crippen LogP contribution in [0.2, 0.25) is 0 Å². The Hall–Kier alpha value is -2.42. The molecular formula is C22H28N2O. The lowest BCUT2D eigenvalue weighted by molar-refractivity contribution is -0.130. The maximum Gasteiger partial charge on any atom is 0.246 e. The van der Waals surface area contributed by atoms with Crippen LogP contribution in [0, 0.1) is 5.41 Å². The van der Waals surface area contributed by atoms with E-state index >= 15 is 0 Å². The van der Waals surface area contributed by atoms with E-state index in [4.69, 9.17) is 4.99 Å². The standard InChI is InChI=1S/C22H28N2O/c1-22(2,3)16-19(21(25)24(4)5)23-20(17-12-8-6-9-13-17)18-14-10-7-11-15-18/h6-15,19H,16H2,1-5H3. The van der Waals surface area contributed by atoms with Gasteiger partial charge in [0, 0.05) is 25.2 Å². The van der Waals surface area contributed by atoms with Gasteiger partial charge in [-0.2, -0.15) is 0 Å². The van der Waals surface area contributed by atoms with Crippen LogP contribution in [0.15, 0.2) is 65.7 Å². The Labute approximate surface area is 151 Å². The van der Waals surface area contributed by atoms with Crippen LogP contribution in [0.1, 0.15) is 38.3 Å². The van der Waals surface area contributed by atoms with E-state index in [1.807, 2.05) is 60.7 Å². The van der Waals surface area contributed by atoms with Gasteiger partial charge in [0.1, 0.15) is 6.04 Å². The predicted molar refractivity (Wildman–Crippen MR) is 105 cm³/mol. The predicted octanol–water partition coefficient (Wildman–Crippen LogP) is 4.42. The monoisotopic (exact) mass is 336 g/mol. The molecule has 0 aliphatic carbocycles. The lowest BCUT2D eigenvalue weighted by Crippen LogP contribution is -2.36. The molecule has 0 aliphatic rings. The van der Waals surface area contributed by atoms with Crippen molar-refractivity contribution in [2.24, 2.45) is 10.4 Å². The molecule has 0 heterocycles. The van der Waals surface area contributed by atoms with Crippen molar-refractivity contribution in [1.29, 1.82) is 0 Å². The van der Waals surface area contributed by atoms with E-state index in [1.165, 1.54) is 0 Å². The van der Waals surface area contributed by atoms with Gasteiger partial charge in [-0.15, -0.1) is 0 Å². The maximum absolute atomic E-state index is 12.7. The van der Waals surface area contributed by atoms with Crippen molar-refractivity contribution in [1.82, 2.24) is 4.90 Å². The van der Waals surface area contributed by atoms with E-state index < -0.39 is 6.04 Å². The summed E-state index contributed by atoms with van der Waals surface area (Å²) in [5.74, 6) is 0.0410. The van der Waals surface area contributed by atoms with Crippen LogP contribution in [0.5, 0.6) is 0 Å². The van der Waals surface area contributed by atoms with Crippen LogP contribution >= 0.6 is 0 Å². The highest BCUT2D eigenvalue weighted by Gasteiger charge is 2.26. The van der Waals surface area contributed by atoms with Crippen LogP contribution < -0.4 is 0 Å². The molecule has 2 aromatic carbocycles. The molecule has 0 spiro atoms. The van der Waals surface area contributed by atoms with Crippen LogP contribution in [-0.4, -0.2) is 36.7 Å². The third kappa shape index (κ3) is 5.56. The molecule has 0 bridgehead atoms.